The lowest BCUT2D eigenvalue weighted by Crippen LogP contribution is -2.32. The lowest BCUT2D eigenvalue weighted by molar-refractivity contribution is 0.0537. The van der Waals surface area contributed by atoms with Gasteiger partial charge in [-0.3, -0.25) is 4.90 Å². The number of para-hydroxylation sites is 1. The van der Waals surface area contributed by atoms with Crippen LogP contribution in [0.3, 0.4) is 0 Å². The van der Waals surface area contributed by atoms with Gasteiger partial charge in [-0.15, -0.1) is 0 Å². The highest BCUT2D eigenvalue weighted by Gasteiger charge is 2.48. The van der Waals surface area contributed by atoms with E-state index in [1.807, 2.05) is 31.4 Å². The molecule has 4 heteroatoms. The molecule has 0 N–H and O–H groups in total. The molecule has 2 aliphatic heterocycles. The van der Waals surface area contributed by atoms with Crippen LogP contribution in [0.4, 0.5) is 4.79 Å². The molecule has 1 aliphatic carbocycles. The van der Waals surface area contributed by atoms with Gasteiger partial charge in [0.1, 0.15) is 5.60 Å². The number of carbonyl (C=O) groups excluding carboxylic acids is 1. The molecule has 3 heterocycles. The zero-order valence-corrected chi connectivity index (χ0v) is 16.0. The first-order valence-corrected chi connectivity index (χ1v) is 10.1. The van der Waals surface area contributed by atoms with E-state index in [2.05, 4.69) is 23.1 Å². The number of nitrogens with zero attached hydrogens (tertiary/aromatic N) is 2. The van der Waals surface area contributed by atoms with Crippen molar-refractivity contribution in [2.45, 2.75) is 70.6 Å². The maximum Gasteiger partial charge on any atom is 0.419 e. The Balaban J connectivity index is 1.68. The third kappa shape index (κ3) is 2.34. The van der Waals surface area contributed by atoms with E-state index >= 15 is 0 Å². The van der Waals surface area contributed by atoms with E-state index in [4.69, 9.17) is 4.74 Å². The number of aromatic nitrogens is 1. The van der Waals surface area contributed by atoms with E-state index in [9.17, 15) is 4.79 Å². The monoisotopic (exact) mass is 352 g/mol. The van der Waals surface area contributed by atoms with Crippen molar-refractivity contribution in [3.8, 4) is 0 Å². The SMILES string of the molecule is CC(C)(C)OC(=O)n1c2c(c3ccccc31)[C@H]1[C@@H](CC2)CC2CCCN21. The first kappa shape index (κ1) is 16.4. The maximum atomic E-state index is 13.1. The van der Waals surface area contributed by atoms with Crippen LogP contribution in [0.1, 0.15) is 63.8 Å². The van der Waals surface area contributed by atoms with E-state index in [0.29, 0.717) is 6.04 Å². The molecule has 0 spiro atoms. The average molecular weight is 352 g/mol. The summed E-state index contributed by atoms with van der Waals surface area (Å²) in [5.74, 6) is 0.741. The minimum atomic E-state index is -0.486. The van der Waals surface area contributed by atoms with Gasteiger partial charge in [0.05, 0.1) is 5.52 Å². The van der Waals surface area contributed by atoms with Crippen molar-refractivity contribution >= 4 is 17.0 Å². The van der Waals surface area contributed by atoms with Crippen LogP contribution in [0.5, 0.6) is 0 Å². The predicted octanol–water partition coefficient (Wildman–Crippen LogP) is 4.90. The van der Waals surface area contributed by atoms with Crippen molar-refractivity contribution < 1.29 is 9.53 Å². The zero-order chi connectivity index (χ0) is 18.1. The Hall–Kier alpha value is -1.81. The molecule has 138 valence electrons. The van der Waals surface area contributed by atoms with E-state index in [1.54, 1.807) is 0 Å². The van der Waals surface area contributed by atoms with Crippen LogP contribution in [-0.2, 0) is 11.2 Å². The van der Waals surface area contributed by atoms with Crippen molar-refractivity contribution in [2.24, 2.45) is 5.92 Å². The molecule has 0 amide bonds. The third-order valence-corrected chi connectivity index (χ3v) is 6.44. The summed E-state index contributed by atoms with van der Waals surface area (Å²) in [6.45, 7) is 7.01. The Morgan fingerprint density at radius 2 is 2.00 bits per heavy atom. The molecule has 2 aromatic rings. The van der Waals surface area contributed by atoms with Gasteiger partial charge < -0.3 is 4.74 Å². The van der Waals surface area contributed by atoms with E-state index in [0.717, 1.165) is 23.9 Å². The predicted molar refractivity (Wildman–Crippen MR) is 102 cm³/mol. The molecular formula is C22H28N2O2. The van der Waals surface area contributed by atoms with Gasteiger partial charge in [-0.25, -0.2) is 9.36 Å². The lowest BCUT2D eigenvalue weighted by atomic mass is 9.81. The number of fused-ring (bicyclic) bond motifs is 7. The van der Waals surface area contributed by atoms with E-state index in [-0.39, 0.29) is 6.09 Å². The highest BCUT2D eigenvalue weighted by Crippen LogP contribution is 2.53. The van der Waals surface area contributed by atoms with Crippen LogP contribution in [-0.4, -0.2) is 33.7 Å². The second kappa shape index (κ2) is 5.59. The van der Waals surface area contributed by atoms with Crippen LogP contribution in [0, 0.1) is 5.92 Å². The summed E-state index contributed by atoms with van der Waals surface area (Å²) in [4.78, 5) is 15.8. The summed E-state index contributed by atoms with van der Waals surface area (Å²) in [6.07, 6.45) is 5.91. The van der Waals surface area contributed by atoms with Crippen LogP contribution < -0.4 is 0 Å². The minimum absolute atomic E-state index is 0.232. The van der Waals surface area contributed by atoms with Gasteiger partial charge >= 0.3 is 6.09 Å². The highest BCUT2D eigenvalue weighted by atomic mass is 16.6. The zero-order valence-electron chi connectivity index (χ0n) is 16.0. The van der Waals surface area contributed by atoms with Gasteiger partial charge in [0.15, 0.2) is 0 Å². The number of hydrogen-bond donors (Lipinski definition) is 0. The summed E-state index contributed by atoms with van der Waals surface area (Å²) >= 11 is 0. The normalized spacial score (nSPS) is 28.0. The molecule has 26 heavy (non-hydrogen) atoms. The molecule has 4 nitrogen and oxygen atoms in total. The molecule has 1 aromatic carbocycles. The highest BCUT2D eigenvalue weighted by molar-refractivity contribution is 5.94. The molecule has 2 saturated heterocycles. The van der Waals surface area contributed by atoms with Crippen LogP contribution in [0.25, 0.3) is 10.9 Å². The van der Waals surface area contributed by atoms with Crippen LogP contribution in [0.15, 0.2) is 24.3 Å². The lowest BCUT2D eigenvalue weighted by Gasteiger charge is -2.32. The fraction of sp³-hybridized carbons (Fsp3) is 0.591. The summed E-state index contributed by atoms with van der Waals surface area (Å²) in [5, 5.41) is 1.25. The summed E-state index contributed by atoms with van der Waals surface area (Å²) in [6, 6.07) is 9.63. The van der Waals surface area contributed by atoms with Crippen LogP contribution >= 0.6 is 0 Å². The summed E-state index contributed by atoms with van der Waals surface area (Å²) in [5.41, 5.74) is 3.12. The fourth-order valence-electron chi connectivity index (χ4n) is 5.64. The molecule has 2 fully saturated rings. The number of benzene rings is 1. The van der Waals surface area contributed by atoms with Gasteiger partial charge in [0.25, 0.3) is 0 Å². The fourth-order valence-corrected chi connectivity index (χ4v) is 5.64. The Labute approximate surface area is 155 Å². The van der Waals surface area contributed by atoms with E-state index in [1.165, 1.54) is 48.9 Å². The van der Waals surface area contributed by atoms with Crippen LogP contribution in [0.2, 0.25) is 0 Å². The number of carbonyl (C=O) groups is 1. The van der Waals surface area contributed by atoms with Crippen molar-refractivity contribution in [1.82, 2.24) is 9.47 Å². The standard InChI is InChI=1S/C22H28N2O2/c1-22(2,3)26-21(25)24-17-9-5-4-8-16(17)19-18(24)11-10-14-13-15-7-6-12-23(15)20(14)19/h4-5,8-9,14-15,20H,6-7,10-13H2,1-3H3/t14-,15?,20+/m0/s1. The molecule has 0 bridgehead atoms. The third-order valence-electron chi connectivity index (χ3n) is 6.44. The Kier molecular flexibility index (Phi) is 3.52. The first-order chi connectivity index (χ1) is 12.4. The van der Waals surface area contributed by atoms with Gasteiger partial charge in [-0.2, -0.15) is 0 Å². The Morgan fingerprint density at radius 3 is 2.81 bits per heavy atom. The topological polar surface area (TPSA) is 34.5 Å². The van der Waals surface area contributed by atoms with E-state index < -0.39 is 5.60 Å². The van der Waals surface area contributed by atoms with Gasteiger partial charge in [0, 0.05) is 23.2 Å². The maximum absolute atomic E-state index is 13.1. The van der Waals surface area contributed by atoms with Crippen molar-refractivity contribution in [3.63, 3.8) is 0 Å². The number of ether oxygens (including phenoxy) is 1. The minimum Gasteiger partial charge on any atom is -0.443 e. The molecule has 0 radical (unpaired) electrons. The number of rotatable bonds is 0. The summed E-state index contributed by atoms with van der Waals surface area (Å²) in [7, 11) is 0. The molecule has 3 aliphatic rings. The van der Waals surface area contributed by atoms with Crippen molar-refractivity contribution in [2.75, 3.05) is 6.54 Å². The van der Waals surface area contributed by atoms with Crippen molar-refractivity contribution in [1.29, 1.82) is 0 Å². The smallest absolute Gasteiger partial charge is 0.419 e. The molecular weight excluding hydrogens is 324 g/mol. The molecule has 3 atom stereocenters. The van der Waals surface area contributed by atoms with Gasteiger partial charge in [-0.1, -0.05) is 18.2 Å². The summed E-state index contributed by atoms with van der Waals surface area (Å²) < 4.78 is 7.64. The largest absolute Gasteiger partial charge is 0.443 e. The average Bonchev–Trinajstić information content (AvgIpc) is 3.22. The molecule has 5 rings (SSSR count). The molecule has 0 saturated carbocycles. The van der Waals surface area contributed by atoms with Gasteiger partial charge in [-0.05, 0) is 77.0 Å². The second-order valence-corrected chi connectivity index (χ2v) is 9.21. The Morgan fingerprint density at radius 1 is 1.19 bits per heavy atom. The molecule has 1 aromatic heterocycles. The first-order valence-electron chi connectivity index (χ1n) is 10.1. The Bertz CT molecular complexity index is 876. The van der Waals surface area contributed by atoms with Gasteiger partial charge in [0.2, 0.25) is 0 Å². The molecule has 1 unspecified atom stereocenters. The quantitative estimate of drug-likeness (QED) is 0.676. The second-order valence-electron chi connectivity index (χ2n) is 9.21. The van der Waals surface area contributed by atoms with Crippen molar-refractivity contribution in [3.05, 3.63) is 35.5 Å². The number of hydrogen-bond acceptors (Lipinski definition) is 3.